The first kappa shape index (κ1) is 25.1. The van der Waals surface area contributed by atoms with Crippen LogP contribution in [-0.2, 0) is 17.5 Å². The second-order valence-electron chi connectivity index (χ2n) is 8.38. The number of aryl methyl sites for hydroxylation is 1. The lowest BCUT2D eigenvalue weighted by molar-refractivity contribution is -0.153. The topological polar surface area (TPSA) is 74.6 Å². The molecule has 0 bridgehead atoms. The SMILES string of the molecule is Cc1cc(C(=O)NC(C)C(=O)NCC2CCN(Cc3ccc(Cl)cc3)CC2)c(C(F)(F)F)o1. The molecule has 2 amide bonds. The van der Waals surface area contributed by atoms with Crippen LogP contribution in [0.25, 0.3) is 0 Å². The second kappa shape index (κ2) is 10.6. The fourth-order valence-corrected chi connectivity index (χ4v) is 3.95. The zero-order chi connectivity index (χ0) is 24.2. The minimum Gasteiger partial charge on any atom is -0.456 e. The molecule has 1 aliphatic heterocycles. The van der Waals surface area contributed by atoms with Crippen LogP contribution in [0.2, 0.25) is 5.02 Å². The fraction of sp³-hybridized carbons (Fsp3) is 0.478. The predicted octanol–water partition coefficient (Wildman–Crippen LogP) is 4.41. The summed E-state index contributed by atoms with van der Waals surface area (Å²) in [7, 11) is 0. The van der Waals surface area contributed by atoms with Crippen molar-refractivity contribution in [1.82, 2.24) is 15.5 Å². The van der Waals surface area contributed by atoms with Crippen LogP contribution < -0.4 is 10.6 Å². The maximum Gasteiger partial charge on any atom is 0.450 e. The molecule has 6 nitrogen and oxygen atoms in total. The van der Waals surface area contributed by atoms with Gasteiger partial charge in [0, 0.05) is 18.1 Å². The van der Waals surface area contributed by atoms with E-state index in [4.69, 9.17) is 11.6 Å². The molecule has 0 spiro atoms. The Labute approximate surface area is 195 Å². The summed E-state index contributed by atoms with van der Waals surface area (Å²) >= 11 is 5.92. The van der Waals surface area contributed by atoms with Crippen LogP contribution in [0.4, 0.5) is 13.2 Å². The van der Waals surface area contributed by atoms with E-state index in [-0.39, 0.29) is 5.76 Å². The van der Waals surface area contributed by atoms with Gasteiger partial charge in [0.05, 0.1) is 5.56 Å². The van der Waals surface area contributed by atoms with Gasteiger partial charge in [-0.1, -0.05) is 23.7 Å². The Morgan fingerprint density at radius 1 is 1.21 bits per heavy atom. The maximum absolute atomic E-state index is 13.0. The van der Waals surface area contributed by atoms with E-state index in [1.165, 1.54) is 19.4 Å². The van der Waals surface area contributed by atoms with Crippen LogP contribution >= 0.6 is 11.6 Å². The Morgan fingerprint density at radius 3 is 2.45 bits per heavy atom. The number of amides is 2. The summed E-state index contributed by atoms with van der Waals surface area (Å²) in [6, 6.07) is 7.78. The number of furan rings is 1. The van der Waals surface area contributed by atoms with Gasteiger partial charge in [-0.3, -0.25) is 14.5 Å². The van der Waals surface area contributed by atoms with E-state index in [1.807, 2.05) is 24.3 Å². The molecule has 2 N–H and O–H groups in total. The van der Waals surface area contributed by atoms with Gasteiger partial charge >= 0.3 is 6.18 Å². The Kier molecular flexibility index (Phi) is 8.07. The van der Waals surface area contributed by atoms with Crippen molar-refractivity contribution in [2.45, 2.75) is 45.5 Å². The molecule has 180 valence electrons. The number of hydrogen-bond donors (Lipinski definition) is 2. The van der Waals surface area contributed by atoms with Crippen molar-refractivity contribution in [1.29, 1.82) is 0 Å². The van der Waals surface area contributed by atoms with Crippen molar-refractivity contribution >= 4 is 23.4 Å². The number of carbonyl (C=O) groups is 2. The van der Waals surface area contributed by atoms with Gasteiger partial charge in [0.25, 0.3) is 5.91 Å². The highest BCUT2D eigenvalue weighted by Gasteiger charge is 2.40. The zero-order valence-electron chi connectivity index (χ0n) is 18.5. The first-order chi connectivity index (χ1) is 15.5. The Morgan fingerprint density at radius 2 is 1.85 bits per heavy atom. The standard InChI is InChI=1S/C23H27ClF3N3O3/c1-14-11-19(20(33-14)23(25,26)27)22(32)29-15(2)21(31)28-12-16-7-9-30(10-8-16)13-17-3-5-18(24)6-4-17/h3-6,11,15-16H,7-10,12-13H2,1-2H3,(H,28,31)(H,29,32). The van der Waals surface area contributed by atoms with Gasteiger partial charge in [-0.25, -0.2) is 0 Å². The molecule has 1 aromatic heterocycles. The third kappa shape index (κ3) is 6.98. The molecule has 3 rings (SSSR count). The Balaban J connectivity index is 1.43. The Hall–Kier alpha value is -2.52. The van der Waals surface area contributed by atoms with E-state index in [2.05, 4.69) is 20.0 Å². The molecule has 1 aliphatic rings. The molecule has 0 aliphatic carbocycles. The lowest BCUT2D eigenvalue weighted by atomic mass is 9.96. The van der Waals surface area contributed by atoms with Gasteiger partial charge in [0.2, 0.25) is 11.7 Å². The highest BCUT2D eigenvalue weighted by Crippen LogP contribution is 2.34. The number of rotatable bonds is 7. The van der Waals surface area contributed by atoms with E-state index in [9.17, 15) is 22.8 Å². The van der Waals surface area contributed by atoms with Gasteiger partial charge in [-0.15, -0.1) is 0 Å². The summed E-state index contributed by atoms with van der Waals surface area (Å²) < 4.78 is 43.8. The van der Waals surface area contributed by atoms with Crippen molar-refractivity contribution in [3.63, 3.8) is 0 Å². The fourth-order valence-electron chi connectivity index (χ4n) is 3.83. The van der Waals surface area contributed by atoms with Crippen molar-refractivity contribution in [2.75, 3.05) is 19.6 Å². The van der Waals surface area contributed by atoms with Crippen LogP contribution in [0.3, 0.4) is 0 Å². The number of carbonyl (C=O) groups excluding carboxylic acids is 2. The van der Waals surface area contributed by atoms with Crippen LogP contribution in [0, 0.1) is 12.8 Å². The molecule has 1 saturated heterocycles. The predicted molar refractivity (Wildman–Crippen MR) is 118 cm³/mol. The number of likely N-dealkylation sites (tertiary alicyclic amines) is 1. The molecular weight excluding hydrogens is 459 g/mol. The molecule has 2 aromatic rings. The van der Waals surface area contributed by atoms with Crippen molar-refractivity contribution in [3.05, 3.63) is 58.0 Å². The first-order valence-corrected chi connectivity index (χ1v) is 11.1. The normalized spacial score (nSPS) is 16.4. The summed E-state index contributed by atoms with van der Waals surface area (Å²) in [5.74, 6) is -2.55. The zero-order valence-corrected chi connectivity index (χ0v) is 19.2. The highest BCUT2D eigenvalue weighted by atomic mass is 35.5. The molecule has 0 saturated carbocycles. The molecule has 10 heteroatoms. The summed E-state index contributed by atoms with van der Waals surface area (Å²) in [5.41, 5.74) is 0.560. The van der Waals surface area contributed by atoms with Gasteiger partial charge in [0.15, 0.2) is 0 Å². The van der Waals surface area contributed by atoms with Crippen molar-refractivity contribution in [2.24, 2.45) is 5.92 Å². The highest BCUT2D eigenvalue weighted by molar-refractivity contribution is 6.30. The third-order valence-corrected chi connectivity index (χ3v) is 5.94. The second-order valence-corrected chi connectivity index (χ2v) is 8.82. The van der Waals surface area contributed by atoms with Gasteiger partial charge < -0.3 is 15.1 Å². The summed E-state index contributed by atoms with van der Waals surface area (Å²) in [4.78, 5) is 27.0. The monoisotopic (exact) mass is 485 g/mol. The Bertz CT molecular complexity index is 968. The van der Waals surface area contributed by atoms with Gasteiger partial charge in [0.1, 0.15) is 11.8 Å². The molecule has 1 atom stereocenters. The molecule has 1 aromatic carbocycles. The third-order valence-electron chi connectivity index (χ3n) is 5.69. The average Bonchev–Trinajstić information content (AvgIpc) is 3.17. The quantitative estimate of drug-likeness (QED) is 0.609. The van der Waals surface area contributed by atoms with Crippen LogP contribution in [0.1, 0.15) is 47.2 Å². The smallest absolute Gasteiger partial charge is 0.450 e. The number of piperidine rings is 1. The van der Waals surface area contributed by atoms with E-state index >= 15 is 0 Å². The minimum absolute atomic E-state index is 0.0352. The number of nitrogens with zero attached hydrogens (tertiary/aromatic N) is 1. The van der Waals surface area contributed by atoms with Crippen molar-refractivity contribution < 1.29 is 27.2 Å². The molecule has 1 unspecified atom stereocenters. The number of benzene rings is 1. The largest absolute Gasteiger partial charge is 0.456 e. The van der Waals surface area contributed by atoms with E-state index in [1.54, 1.807) is 0 Å². The van der Waals surface area contributed by atoms with Crippen LogP contribution in [0.15, 0.2) is 34.7 Å². The lowest BCUT2D eigenvalue weighted by Crippen LogP contribution is -2.47. The summed E-state index contributed by atoms with van der Waals surface area (Å²) in [6.45, 7) is 5.84. The van der Waals surface area contributed by atoms with Crippen LogP contribution in [-0.4, -0.2) is 42.4 Å². The number of hydrogen-bond acceptors (Lipinski definition) is 4. The number of nitrogens with one attached hydrogen (secondary N) is 2. The molecule has 1 fully saturated rings. The molecule has 33 heavy (non-hydrogen) atoms. The van der Waals surface area contributed by atoms with Crippen LogP contribution in [0.5, 0.6) is 0 Å². The van der Waals surface area contributed by atoms with Crippen molar-refractivity contribution in [3.8, 4) is 0 Å². The lowest BCUT2D eigenvalue weighted by Gasteiger charge is -2.32. The van der Waals surface area contributed by atoms with Gasteiger partial charge in [-0.05, 0) is 69.5 Å². The molecule has 2 heterocycles. The molecule has 0 radical (unpaired) electrons. The average molecular weight is 486 g/mol. The van der Waals surface area contributed by atoms with E-state index in [0.717, 1.165) is 38.5 Å². The maximum atomic E-state index is 13.0. The summed E-state index contributed by atoms with van der Waals surface area (Å²) in [6.07, 6.45) is -2.97. The number of alkyl halides is 3. The van der Waals surface area contributed by atoms with E-state index in [0.29, 0.717) is 17.5 Å². The summed E-state index contributed by atoms with van der Waals surface area (Å²) in [5, 5.41) is 5.82. The molecular formula is C23H27ClF3N3O3. The number of halogens is 4. The minimum atomic E-state index is -4.80. The van der Waals surface area contributed by atoms with Gasteiger partial charge in [-0.2, -0.15) is 13.2 Å². The van der Waals surface area contributed by atoms with E-state index < -0.39 is 35.4 Å². The first-order valence-electron chi connectivity index (χ1n) is 10.8.